The average Bonchev–Trinajstić information content (AvgIpc) is 2.58. The van der Waals surface area contributed by atoms with Crippen LogP contribution in [0.1, 0.15) is 38.4 Å². The molecule has 3 nitrogen and oxygen atoms in total. The first-order valence-electron chi connectivity index (χ1n) is 5.84. The van der Waals surface area contributed by atoms with E-state index in [1.165, 1.54) is 12.8 Å². The van der Waals surface area contributed by atoms with E-state index in [0.717, 1.165) is 31.0 Å². The summed E-state index contributed by atoms with van der Waals surface area (Å²) < 4.78 is 2.08. The van der Waals surface area contributed by atoms with Crippen LogP contribution in [0.2, 0.25) is 0 Å². The lowest BCUT2D eigenvalue weighted by molar-refractivity contribution is 0.239. The Labute approximate surface area is 91.7 Å². The lowest BCUT2D eigenvalue weighted by Gasteiger charge is -2.35. The van der Waals surface area contributed by atoms with Crippen LogP contribution in [0.3, 0.4) is 0 Å². The van der Waals surface area contributed by atoms with Crippen LogP contribution in [0.5, 0.6) is 0 Å². The zero-order valence-corrected chi connectivity index (χ0v) is 9.74. The molecule has 1 heterocycles. The van der Waals surface area contributed by atoms with Crippen molar-refractivity contribution in [1.82, 2.24) is 9.55 Å². The Hall–Kier alpha value is -0.830. The van der Waals surface area contributed by atoms with E-state index < -0.39 is 0 Å². The third-order valence-electron chi connectivity index (χ3n) is 3.70. The number of hydrogen-bond donors (Lipinski definition) is 1. The average molecular weight is 207 g/mol. The maximum atomic E-state index is 6.43. The van der Waals surface area contributed by atoms with Crippen LogP contribution >= 0.6 is 0 Å². The van der Waals surface area contributed by atoms with Crippen LogP contribution in [-0.2, 0) is 13.5 Å². The molecule has 0 atom stereocenters. The van der Waals surface area contributed by atoms with Crippen molar-refractivity contribution in [3.05, 3.63) is 18.2 Å². The number of nitrogens with two attached hydrogens (primary N) is 1. The highest BCUT2D eigenvalue weighted by Gasteiger charge is 2.31. The first-order chi connectivity index (χ1) is 7.09. The molecule has 1 aromatic rings. The molecule has 2 rings (SSSR count). The van der Waals surface area contributed by atoms with Crippen molar-refractivity contribution in [2.75, 3.05) is 0 Å². The van der Waals surface area contributed by atoms with Gasteiger partial charge < -0.3 is 10.3 Å². The van der Waals surface area contributed by atoms with Crippen molar-refractivity contribution >= 4 is 0 Å². The molecule has 1 aromatic heterocycles. The maximum Gasteiger partial charge on any atom is 0.110 e. The van der Waals surface area contributed by atoms with Gasteiger partial charge in [-0.05, 0) is 31.6 Å². The van der Waals surface area contributed by atoms with Gasteiger partial charge in [-0.1, -0.05) is 6.92 Å². The fraction of sp³-hybridized carbons (Fsp3) is 0.750. The molecule has 84 valence electrons. The first-order valence-corrected chi connectivity index (χ1v) is 5.84. The summed E-state index contributed by atoms with van der Waals surface area (Å²) in [6.45, 7) is 2.32. The van der Waals surface area contributed by atoms with Crippen molar-refractivity contribution in [3.8, 4) is 0 Å². The second-order valence-corrected chi connectivity index (χ2v) is 5.18. The third-order valence-corrected chi connectivity index (χ3v) is 3.70. The van der Waals surface area contributed by atoms with Crippen LogP contribution in [0.15, 0.2) is 12.4 Å². The Bertz CT molecular complexity index is 321. The number of aromatic nitrogens is 2. The Kier molecular flexibility index (Phi) is 2.83. The van der Waals surface area contributed by atoms with Gasteiger partial charge in [0.1, 0.15) is 5.82 Å². The van der Waals surface area contributed by atoms with Crippen molar-refractivity contribution in [2.45, 2.75) is 44.6 Å². The molecule has 0 amide bonds. The van der Waals surface area contributed by atoms with E-state index in [2.05, 4.69) is 16.5 Å². The fourth-order valence-corrected chi connectivity index (χ4v) is 2.40. The van der Waals surface area contributed by atoms with Crippen molar-refractivity contribution in [2.24, 2.45) is 18.7 Å². The number of hydrogen-bond acceptors (Lipinski definition) is 2. The van der Waals surface area contributed by atoms with E-state index >= 15 is 0 Å². The van der Waals surface area contributed by atoms with Gasteiger partial charge in [-0.25, -0.2) is 4.98 Å². The monoisotopic (exact) mass is 207 g/mol. The molecule has 1 aliphatic carbocycles. The second kappa shape index (κ2) is 3.97. The molecule has 3 heteroatoms. The minimum absolute atomic E-state index is 0.00831. The van der Waals surface area contributed by atoms with Crippen LogP contribution in [0, 0.1) is 5.92 Å². The summed E-state index contributed by atoms with van der Waals surface area (Å²) in [6, 6.07) is 0. The minimum Gasteiger partial charge on any atom is -0.338 e. The smallest absolute Gasteiger partial charge is 0.110 e. The van der Waals surface area contributed by atoms with Gasteiger partial charge in [-0.2, -0.15) is 0 Å². The lowest BCUT2D eigenvalue weighted by Crippen LogP contribution is -2.45. The van der Waals surface area contributed by atoms with Crippen molar-refractivity contribution < 1.29 is 0 Å². The molecule has 1 aliphatic rings. The summed E-state index contributed by atoms with van der Waals surface area (Å²) in [7, 11) is 2.04. The number of imidazole rings is 1. The normalized spacial score (nSPS) is 31.8. The predicted octanol–water partition coefficient (Wildman–Crippen LogP) is 1.87. The Morgan fingerprint density at radius 1 is 1.53 bits per heavy atom. The molecule has 0 bridgehead atoms. The standard InChI is InChI=1S/C12H21N3/c1-10-3-5-12(13,6-4-10)9-11-14-7-8-15(11)2/h7-8,10H,3-6,9,13H2,1-2H3. The lowest BCUT2D eigenvalue weighted by atomic mass is 9.76. The summed E-state index contributed by atoms with van der Waals surface area (Å²) in [5, 5.41) is 0. The molecular formula is C12H21N3. The quantitative estimate of drug-likeness (QED) is 0.804. The van der Waals surface area contributed by atoms with Crippen LogP contribution in [-0.4, -0.2) is 15.1 Å². The topological polar surface area (TPSA) is 43.8 Å². The highest BCUT2D eigenvalue weighted by Crippen LogP contribution is 2.31. The second-order valence-electron chi connectivity index (χ2n) is 5.18. The van der Waals surface area contributed by atoms with Gasteiger partial charge in [0.05, 0.1) is 0 Å². The van der Waals surface area contributed by atoms with E-state index in [-0.39, 0.29) is 5.54 Å². The minimum atomic E-state index is -0.00831. The molecule has 0 saturated heterocycles. The summed E-state index contributed by atoms with van der Waals surface area (Å²) in [6.07, 6.45) is 9.57. The largest absolute Gasteiger partial charge is 0.338 e. The molecule has 0 aliphatic heterocycles. The Morgan fingerprint density at radius 3 is 2.73 bits per heavy atom. The van der Waals surface area contributed by atoms with E-state index in [1.54, 1.807) is 0 Å². The molecule has 1 saturated carbocycles. The van der Waals surface area contributed by atoms with Crippen molar-refractivity contribution in [1.29, 1.82) is 0 Å². The summed E-state index contributed by atoms with van der Waals surface area (Å²) >= 11 is 0. The maximum absolute atomic E-state index is 6.43. The predicted molar refractivity (Wildman–Crippen MR) is 61.5 cm³/mol. The van der Waals surface area contributed by atoms with Gasteiger partial charge in [0.2, 0.25) is 0 Å². The van der Waals surface area contributed by atoms with E-state index in [0.29, 0.717) is 0 Å². The molecule has 0 spiro atoms. The van der Waals surface area contributed by atoms with Crippen LogP contribution < -0.4 is 5.73 Å². The summed E-state index contributed by atoms with van der Waals surface area (Å²) in [5.41, 5.74) is 6.42. The third kappa shape index (κ3) is 2.40. The first kappa shape index (κ1) is 10.7. The van der Waals surface area contributed by atoms with Gasteiger partial charge in [0.25, 0.3) is 0 Å². The SMILES string of the molecule is CC1CCC(N)(Cc2nccn2C)CC1. The van der Waals surface area contributed by atoms with Gasteiger partial charge in [0, 0.05) is 31.4 Å². The van der Waals surface area contributed by atoms with Crippen molar-refractivity contribution in [3.63, 3.8) is 0 Å². The van der Waals surface area contributed by atoms with E-state index in [9.17, 15) is 0 Å². The van der Waals surface area contributed by atoms with E-state index in [4.69, 9.17) is 5.73 Å². The molecule has 15 heavy (non-hydrogen) atoms. The summed E-state index contributed by atoms with van der Waals surface area (Å²) in [4.78, 5) is 4.36. The highest BCUT2D eigenvalue weighted by atomic mass is 15.0. The van der Waals surface area contributed by atoms with Gasteiger partial charge in [0.15, 0.2) is 0 Å². The molecular weight excluding hydrogens is 186 g/mol. The molecule has 0 aromatic carbocycles. The molecule has 0 radical (unpaired) electrons. The Morgan fingerprint density at radius 2 is 2.20 bits per heavy atom. The van der Waals surface area contributed by atoms with Crippen LogP contribution in [0.4, 0.5) is 0 Å². The number of aryl methyl sites for hydroxylation is 1. The highest BCUT2D eigenvalue weighted by molar-refractivity contribution is 5.01. The molecule has 1 fully saturated rings. The van der Waals surface area contributed by atoms with Gasteiger partial charge >= 0.3 is 0 Å². The zero-order valence-electron chi connectivity index (χ0n) is 9.74. The Balaban J connectivity index is 2.02. The van der Waals surface area contributed by atoms with Crippen LogP contribution in [0.25, 0.3) is 0 Å². The fourth-order valence-electron chi connectivity index (χ4n) is 2.40. The summed E-state index contributed by atoms with van der Waals surface area (Å²) in [5.74, 6) is 1.97. The zero-order chi connectivity index (χ0) is 10.9. The van der Waals surface area contributed by atoms with Gasteiger partial charge in [-0.3, -0.25) is 0 Å². The molecule has 0 unspecified atom stereocenters. The van der Waals surface area contributed by atoms with E-state index in [1.807, 2.05) is 19.4 Å². The van der Waals surface area contributed by atoms with Gasteiger partial charge in [-0.15, -0.1) is 0 Å². The number of nitrogens with zero attached hydrogens (tertiary/aromatic N) is 2. The molecule has 2 N–H and O–H groups in total. The number of rotatable bonds is 2.